The molecule has 3 nitrogen and oxygen atoms in total. The smallest absolute Gasteiger partial charge is 0.233 e. The lowest BCUT2D eigenvalue weighted by atomic mass is 9.98. The molecule has 5 heteroatoms. The number of benzene rings is 2. The molecule has 0 aliphatic heterocycles. The number of carbonyl (C=O) groups excluding carboxylic acids is 1. The fourth-order valence-electron chi connectivity index (χ4n) is 1.89. The predicted octanol–water partition coefficient (Wildman–Crippen LogP) is 3.27. The van der Waals surface area contributed by atoms with E-state index in [0.717, 1.165) is 5.56 Å². The number of halogens is 2. The molecule has 2 aromatic carbocycles. The minimum atomic E-state index is -0.437. The molecule has 2 aromatic rings. The van der Waals surface area contributed by atoms with Crippen LogP contribution in [0.15, 0.2) is 53.0 Å². The van der Waals surface area contributed by atoms with Crippen molar-refractivity contribution in [2.24, 2.45) is 5.73 Å². The molecule has 0 saturated heterocycles. The highest BCUT2D eigenvalue weighted by Crippen LogP contribution is 2.25. The summed E-state index contributed by atoms with van der Waals surface area (Å²) in [5.41, 5.74) is 7.06. The van der Waals surface area contributed by atoms with Crippen LogP contribution in [0.1, 0.15) is 11.5 Å². The number of amides is 1. The number of carbonyl (C=O) groups is 1. The van der Waals surface area contributed by atoms with E-state index in [4.69, 9.17) is 5.73 Å². The summed E-state index contributed by atoms with van der Waals surface area (Å²) in [6.45, 7) is 0.203. The van der Waals surface area contributed by atoms with E-state index in [2.05, 4.69) is 21.2 Å². The van der Waals surface area contributed by atoms with Crippen LogP contribution < -0.4 is 11.1 Å². The summed E-state index contributed by atoms with van der Waals surface area (Å²) in [6, 6.07) is 13.4. The van der Waals surface area contributed by atoms with Crippen LogP contribution in [0.3, 0.4) is 0 Å². The third-order valence-electron chi connectivity index (χ3n) is 2.94. The molecule has 3 N–H and O–H groups in total. The lowest BCUT2D eigenvalue weighted by Gasteiger charge is -2.16. The average molecular weight is 337 g/mol. The zero-order valence-electron chi connectivity index (χ0n) is 10.6. The van der Waals surface area contributed by atoms with E-state index in [9.17, 15) is 9.18 Å². The molecule has 0 aliphatic rings. The topological polar surface area (TPSA) is 55.1 Å². The van der Waals surface area contributed by atoms with Crippen molar-refractivity contribution < 1.29 is 9.18 Å². The van der Waals surface area contributed by atoms with Crippen molar-refractivity contribution in [3.63, 3.8) is 0 Å². The van der Waals surface area contributed by atoms with Crippen LogP contribution in [0.4, 0.5) is 10.1 Å². The lowest BCUT2D eigenvalue weighted by molar-refractivity contribution is -0.117. The standard InChI is InChI=1S/C15H14BrFN2O/c16-13-8-11(17)6-7-14(13)19-15(20)12(9-18)10-4-2-1-3-5-10/h1-8,12H,9,18H2,(H,19,20). The van der Waals surface area contributed by atoms with E-state index in [1.54, 1.807) is 0 Å². The second-order valence-corrected chi connectivity index (χ2v) is 5.17. The highest BCUT2D eigenvalue weighted by atomic mass is 79.9. The Morgan fingerprint density at radius 2 is 1.95 bits per heavy atom. The first-order chi connectivity index (χ1) is 9.61. The molecular formula is C15H14BrFN2O. The molecule has 1 atom stereocenters. The summed E-state index contributed by atoms with van der Waals surface area (Å²) < 4.78 is 13.5. The van der Waals surface area contributed by atoms with Crippen molar-refractivity contribution in [3.8, 4) is 0 Å². The van der Waals surface area contributed by atoms with Gasteiger partial charge in [-0.05, 0) is 39.7 Å². The number of anilines is 1. The minimum absolute atomic E-state index is 0.203. The number of hydrogen-bond acceptors (Lipinski definition) is 2. The zero-order chi connectivity index (χ0) is 14.5. The van der Waals surface area contributed by atoms with Gasteiger partial charge in [0.05, 0.1) is 11.6 Å². The van der Waals surface area contributed by atoms with Gasteiger partial charge >= 0.3 is 0 Å². The summed E-state index contributed by atoms with van der Waals surface area (Å²) in [7, 11) is 0. The average Bonchev–Trinajstić information content (AvgIpc) is 2.44. The minimum Gasteiger partial charge on any atom is -0.329 e. The van der Waals surface area contributed by atoms with E-state index in [-0.39, 0.29) is 18.3 Å². The van der Waals surface area contributed by atoms with Gasteiger partial charge in [-0.2, -0.15) is 0 Å². The monoisotopic (exact) mass is 336 g/mol. The molecule has 20 heavy (non-hydrogen) atoms. The van der Waals surface area contributed by atoms with Crippen LogP contribution in [0.2, 0.25) is 0 Å². The maximum absolute atomic E-state index is 13.0. The summed E-state index contributed by atoms with van der Waals surface area (Å²) in [6.07, 6.45) is 0. The van der Waals surface area contributed by atoms with Crippen molar-refractivity contribution >= 4 is 27.5 Å². The van der Waals surface area contributed by atoms with Gasteiger partial charge < -0.3 is 11.1 Å². The molecule has 0 heterocycles. The molecule has 0 radical (unpaired) electrons. The van der Waals surface area contributed by atoms with Gasteiger partial charge in [0.25, 0.3) is 0 Å². The first-order valence-corrected chi connectivity index (χ1v) is 6.92. The lowest BCUT2D eigenvalue weighted by Crippen LogP contribution is -2.27. The Hall–Kier alpha value is -1.72. The molecule has 0 aliphatic carbocycles. The molecular weight excluding hydrogens is 323 g/mol. The van der Waals surface area contributed by atoms with Gasteiger partial charge in [-0.15, -0.1) is 0 Å². The quantitative estimate of drug-likeness (QED) is 0.900. The molecule has 1 amide bonds. The summed E-state index contributed by atoms with van der Waals surface area (Å²) in [5, 5.41) is 2.75. The van der Waals surface area contributed by atoms with Crippen LogP contribution in [0.5, 0.6) is 0 Å². The maximum Gasteiger partial charge on any atom is 0.233 e. The molecule has 0 spiro atoms. The first kappa shape index (κ1) is 14.7. The summed E-state index contributed by atoms with van der Waals surface area (Å²) in [4.78, 5) is 12.3. The van der Waals surface area contributed by atoms with Crippen molar-refractivity contribution in [1.29, 1.82) is 0 Å². The van der Waals surface area contributed by atoms with Gasteiger partial charge in [0.2, 0.25) is 5.91 Å². The van der Waals surface area contributed by atoms with E-state index in [0.29, 0.717) is 10.2 Å². The van der Waals surface area contributed by atoms with Crippen molar-refractivity contribution in [1.82, 2.24) is 0 Å². The van der Waals surface area contributed by atoms with Crippen LogP contribution in [-0.4, -0.2) is 12.5 Å². The Labute approximate surface area is 125 Å². The van der Waals surface area contributed by atoms with Crippen molar-refractivity contribution in [2.75, 3.05) is 11.9 Å². The molecule has 104 valence electrons. The first-order valence-electron chi connectivity index (χ1n) is 6.12. The molecule has 0 bridgehead atoms. The number of nitrogens with one attached hydrogen (secondary N) is 1. The molecule has 0 aromatic heterocycles. The van der Waals surface area contributed by atoms with E-state index >= 15 is 0 Å². The molecule has 2 rings (SSSR count). The van der Waals surface area contributed by atoms with Gasteiger partial charge in [-0.25, -0.2) is 4.39 Å². The van der Waals surface area contributed by atoms with Gasteiger partial charge in [-0.1, -0.05) is 30.3 Å². The molecule has 1 unspecified atom stereocenters. The summed E-state index contributed by atoms with van der Waals surface area (Å²) >= 11 is 3.22. The second kappa shape index (κ2) is 6.63. The Balaban J connectivity index is 2.18. The third kappa shape index (κ3) is 3.43. The largest absolute Gasteiger partial charge is 0.329 e. The van der Waals surface area contributed by atoms with Gasteiger partial charge in [0.1, 0.15) is 5.82 Å². The Kier molecular flexibility index (Phi) is 4.87. The molecule has 0 fully saturated rings. The Morgan fingerprint density at radius 3 is 2.55 bits per heavy atom. The van der Waals surface area contributed by atoms with E-state index in [1.807, 2.05) is 30.3 Å². The van der Waals surface area contributed by atoms with Crippen LogP contribution >= 0.6 is 15.9 Å². The number of hydrogen-bond donors (Lipinski definition) is 2. The molecule has 0 saturated carbocycles. The van der Waals surface area contributed by atoms with Crippen molar-refractivity contribution in [3.05, 3.63) is 64.4 Å². The van der Waals surface area contributed by atoms with Gasteiger partial charge in [0.15, 0.2) is 0 Å². The Morgan fingerprint density at radius 1 is 1.25 bits per heavy atom. The fraction of sp³-hybridized carbons (Fsp3) is 0.133. The maximum atomic E-state index is 13.0. The van der Waals surface area contributed by atoms with Crippen LogP contribution in [-0.2, 0) is 4.79 Å². The van der Waals surface area contributed by atoms with E-state index < -0.39 is 5.92 Å². The fourth-order valence-corrected chi connectivity index (χ4v) is 2.34. The highest BCUT2D eigenvalue weighted by Gasteiger charge is 2.19. The predicted molar refractivity (Wildman–Crippen MR) is 81.0 cm³/mol. The van der Waals surface area contributed by atoms with E-state index in [1.165, 1.54) is 18.2 Å². The Bertz CT molecular complexity index is 604. The SMILES string of the molecule is NCC(C(=O)Nc1ccc(F)cc1Br)c1ccccc1. The van der Waals surface area contributed by atoms with Crippen LogP contribution in [0.25, 0.3) is 0 Å². The number of rotatable bonds is 4. The van der Waals surface area contributed by atoms with Gasteiger partial charge in [0, 0.05) is 11.0 Å². The number of nitrogens with two attached hydrogens (primary N) is 1. The highest BCUT2D eigenvalue weighted by molar-refractivity contribution is 9.10. The van der Waals surface area contributed by atoms with Crippen molar-refractivity contribution in [2.45, 2.75) is 5.92 Å². The van der Waals surface area contributed by atoms with Crippen LogP contribution in [0, 0.1) is 5.82 Å². The van der Waals surface area contributed by atoms with Gasteiger partial charge in [-0.3, -0.25) is 4.79 Å². The third-order valence-corrected chi connectivity index (χ3v) is 3.60. The zero-order valence-corrected chi connectivity index (χ0v) is 12.2. The normalized spacial score (nSPS) is 11.9. The second-order valence-electron chi connectivity index (χ2n) is 4.31. The summed E-state index contributed by atoms with van der Waals surface area (Å²) in [5.74, 6) is -1.02.